The fourth-order valence-electron chi connectivity index (χ4n) is 1.88. The lowest BCUT2D eigenvalue weighted by Crippen LogP contribution is -1.80. The van der Waals surface area contributed by atoms with Crippen molar-refractivity contribution in [1.82, 2.24) is 9.97 Å². The topological polar surface area (TPSA) is 48.9 Å². The minimum absolute atomic E-state index is 0.253. The van der Waals surface area contributed by atoms with Gasteiger partial charge in [-0.1, -0.05) is 42.5 Å². The lowest BCUT2D eigenvalue weighted by Gasteiger charge is -1.98. The first-order chi connectivity index (χ1) is 8.83. The maximum Gasteiger partial charge on any atom is 0.137 e. The molecule has 0 aliphatic rings. The summed E-state index contributed by atoms with van der Waals surface area (Å²) in [5.41, 5.74) is 2.86. The number of aromatic amines is 1. The van der Waals surface area contributed by atoms with Crippen LogP contribution >= 0.6 is 0 Å². The van der Waals surface area contributed by atoms with Crippen molar-refractivity contribution in [2.24, 2.45) is 0 Å². The Morgan fingerprint density at radius 3 is 2.44 bits per heavy atom. The molecule has 0 saturated heterocycles. The summed E-state index contributed by atoms with van der Waals surface area (Å²) in [7, 11) is 0. The Balaban J connectivity index is 2.00. The van der Waals surface area contributed by atoms with Crippen LogP contribution in [0.15, 0.2) is 60.8 Å². The zero-order valence-corrected chi connectivity index (χ0v) is 9.67. The maximum atomic E-state index is 9.46. The van der Waals surface area contributed by atoms with Crippen molar-refractivity contribution in [2.75, 3.05) is 0 Å². The number of rotatable bonds is 2. The molecule has 2 aromatic carbocycles. The number of phenols is 1. The molecule has 0 aliphatic carbocycles. The van der Waals surface area contributed by atoms with Gasteiger partial charge in [-0.15, -0.1) is 0 Å². The number of aromatic hydroxyl groups is 1. The molecule has 3 heteroatoms. The molecule has 1 heterocycles. The molecule has 3 nitrogen and oxygen atoms in total. The van der Waals surface area contributed by atoms with E-state index in [1.165, 1.54) is 0 Å². The molecule has 0 saturated carbocycles. The molecular weight excluding hydrogens is 224 g/mol. The van der Waals surface area contributed by atoms with Crippen LogP contribution in [0.1, 0.15) is 0 Å². The van der Waals surface area contributed by atoms with E-state index in [1.54, 1.807) is 18.3 Å². The van der Waals surface area contributed by atoms with E-state index in [1.807, 2.05) is 42.5 Å². The third-order valence-corrected chi connectivity index (χ3v) is 2.78. The number of imidazole rings is 1. The van der Waals surface area contributed by atoms with Crippen molar-refractivity contribution in [3.05, 3.63) is 60.8 Å². The molecule has 0 spiro atoms. The highest BCUT2D eigenvalue weighted by Gasteiger charge is 2.05. The van der Waals surface area contributed by atoms with E-state index in [9.17, 15) is 5.11 Å². The Morgan fingerprint density at radius 2 is 1.67 bits per heavy atom. The number of phenolic OH excluding ortho intramolecular Hbond substituents is 1. The number of aromatic nitrogens is 2. The fourth-order valence-corrected chi connectivity index (χ4v) is 1.88. The molecule has 2 N–H and O–H groups in total. The first kappa shape index (κ1) is 10.6. The maximum absolute atomic E-state index is 9.46. The highest BCUT2D eigenvalue weighted by Crippen LogP contribution is 2.24. The van der Waals surface area contributed by atoms with Crippen LogP contribution in [0.5, 0.6) is 5.75 Å². The number of H-pyrrole nitrogens is 1. The largest absolute Gasteiger partial charge is 0.508 e. The quantitative estimate of drug-likeness (QED) is 0.716. The second-order valence-electron chi connectivity index (χ2n) is 4.06. The number of benzene rings is 2. The summed E-state index contributed by atoms with van der Waals surface area (Å²) >= 11 is 0. The average molecular weight is 236 g/mol. The summed E-state index contributed by atoms with van der Waals surface area (Å²) in [5, 5.41) is 9.46. The molecule has 0 unspecified atom stereocenters. The van der Waals surface area contributed by atoms with Gasteiger partial charge >= 0.3 is 0 Å². The standard InChI is InChI=1S/C15H12N2O/c18-13-8-4-7-12(9-13)14-10-16-15(17-14)11-5-2-1-3-6-11/h1-10,18H,(H,16,17). The number of hydrogen-bond donors (Lipinski definition) is 2. The first-order valence-electron chi connectivity index (χ1n) is 5.73. The summed E-state index contributed by atoms with van der Waals surface area (Å²) < 4.78 is 0. The summed E-state index contributed by atoms with van der Waals surface area (Å²) in [4.78, 5) is 7.61. The monoisotopic (exact) mass is 236 g/mol. The van der Waals surface area contributed by atoms with E-state index in [0.29, 0.717) is 0 Å². The van der Waals surface area contributed by atoms with Gasteiger partial charge in [0, 0.05) is 11.1 Å². The van der Waals surface area contributed by atoms with Gasteiger partial charge in [0.2, 0.25) is 0 Å². The number of nitrogens with one attached hydrogen (secondary N) is 1. The predicted octanol–water partition coefficient (Wildman–Crippen LogP) is 3.45. The van der Waals surface area contributed by atoms with E-state index < -0.39 is 0 Å². The normalized spacial score (nSPS) is 10.4. The molecule has 0 amide bonds. The van der Waals surface area contributed by atoms with Crippen LogP contribution in [0.2, 0.25) is 0 Å². The van der Waals surface area contributed by atoms with Crippen molar-refractivity contribution in [1.29, 1.82) is 0 Å². The van der Waals surface area contributed by atoms with Crippen molar-refractivity contribution in [3.8, 4) is 28.4 Å². The van der Waals surface area contributed by atoms with Gasteiger partial charge in [0.15, 0.2) is 0 Å². The van der Waals surface area contributed by atoms with Crippen LogP contribution in [-0.2, 0) is 0 Å². The number of hydrogen-bond acceptors (Lipinski definition) is 2. The predicted molar refractivity (Wildman–Crippen MR) is 71.1 cm³/mol. The van der Waals surface area contributed by atoms with Gasteiger partial charge in [0.05, 0.1) is 11.9 Å². The van der Waals surface area contributed by atoms with Crippen LogP contribution in [0.4, 0.5) is 0 Å². The highest BCUT2D eigenvalue weighted by molar-refractivity contribution is 5.65. The Kier molecular flexibility index (Phi) is 2.57. The second-order valence-corrected chi connectivity index (χ2v) is 4.06. The highest BCUT2D eigenvalue weighted by atomic mass is 16.3. The Bertz CT molecular complexity index is 659. The number of nitrogens with zero attached hydrogens (tertiary/aromatic N) is 1. The third kappa shape index (κ3) is 1.98. The van der Waals surface area contributed by atoms with Crippen molar-refractivity contribution in [3.63, 3.8) is 0 Å². The third-order valence-electron chi connectivity index (χ3n) is 2.78. The van der Waals surface area contributed by atoms with Crippen LogP contribution in [0.3, 0.4) is 0 Å². The van der Waals surface area contributed by atoms with Crippen molar-refractivity contribution in [2.45, 2.75) is 0 Å². The summed E-state index contributed by atoms with van der Waals surface area (Å²) in [5.74, 6) is 1.08. The molecule has 18 heavy (non-hydrogen) atoms. The first-order valence-corrected chi connectivity index (χ1v) is 5.73. The van der Waals surface area contributed by atoms with Gasteiger partial charge in [-0.25, -0.2) is 4.98 Å². The molecule has 3 rings (SSSR count). The summed E-state index contributed by atoms with van der Waals surface area (Å²) in [6.45, 7) is 0. The molecule has 0 aliphatic heterocycles. The Morgan fingerprint density at radius 1 is 0.889 bits per heavy atom. The van der Waals surface area contributed by atoms with E-state index in [0.717, 1.165) is 22.6 Å². The minimum Gasteiger partial charge on any atom is -0.508 e. The molecule has 0 radical (unpaired) electrons. The average Bonchev–Trinajstić information content (AvgIpc) is 2.89. The molecule has 0 atom stereocenters. The van der Waals surface area contributed by atoms with Crippen molar-refractivity contribution >= 4 is 0 Å². The Hall–Kier alpha value is -2.55. The van der Waals surface area contributed by atoms with E-state index in [4.69, 9.17) is 0 Å². The lowest BCUT2D eigenvalue weighted by molar-refractivity contribution is 0.475. The van der Waals surface area contributed by atoms with Crippen LogP contribution in [0.25, 0.3) is 22.6 Å². The fraction of sp³-hybridized carbons (Fsp3) is 0. The van der Waals surface area contributed by atoms with E-state index in [2.05, 4.69) is 9.97 Å². The van der Waals surface area contributed by atoms with Gasteiger partial charge in [0.25, 0.3) is 0 Å². The van der Waals surface area contributed by atoms with Crippen LogP contribution < -0.4 is 0 Å². The molecule has 88 valence electrons. The van der Waals surface area contributed by atoms with Crippen LogP contribution in [0, 0.1) is 0 Å². The lowest BCUT2D eigenvalue weighted by atomic mass is 10.1. The van der Waals surface area contributed by atoms with E-state index >= 15 is 0 Å². The molecule has 1 aromatic heterocycles. The van der Waals surface area contributed by atoms with Crippen LogP contribution in [-0.4, -0.2) is 15.1 Å². The zero-order chi connectivity index (χ0) is 12.4. The van der Waals surface area contributed by atoms with Gasteiger partial charge in [0.1, 0.15) is 11.6 Å². The SMILES string of the molecule is Oc1cccc(-c2cnc(-c3ccccc3)[nH]2)c1. The van der Waals surface area contributed by atoms with E-state index in [-0.39, 0.29) is 5.75 Å². The minimum atomic E-state index is 0.253. The summed E-state index contributed by atoms with van der Waals surface area (Å²) in [6.07, 6.45) is 1.77. The van der Waals surface area contributed by atoms with Gasteiger partial charge in [-0.05, 0) is 12.1 Å². The second kappa shape index (κ2) is 4.37. The molecular formula is C15H12N2O. The zero-order valence-electron chi connectivity index (χ0n) is 9.67. The molecule has 0 bridgehead atoms. The van der Waals surface area contributed by atoms with Gasteiger partial charge in [-0.3, -0.25) is 0 Å². The Labute approximate surface area is 105 Å². The smallest absolute Gasteiger partial charge is 0.137 e. The van der Waals surface area contributed by atoms with Crippen molar-refractivity contribution < 1.29 is 5.11 Å². The summed E-state index contributed by atoms with van der Waals surface area (Å²) in [6, 6.07) is 17.0. The van der Waals surface area contributed by atoms with Gasteiger partial charge < -0.3 is 10.1 Å². The van der Waals surface area contributed by atoms with Gasteiger partial charge in [-0.2, -0.15) is 0 Å². The molecule has 3 aromatic rings. The molecule has 0 fully saturated rings.